The Balaban J connectivity index is 1.26. The minimum atomic E-state index is -1.59. The number of benzene rings is 1. The summed E-state index contributed by atoms with van der Waals surface area (Å²) < 4.78 is 23.1. The number of carbonyl (C=O) groups excluding carboxylic acids is 3. The van der Waals surface area contributed by atoms with E-state index in [0.29, 0.717) is 56.3 Å². The molecular formula is C24H33N3O6S. The van der Waals surface area contributed by atoms with Gasteiger partial charge in [0.2, 0.25) is 11.8 Å². The average molecular weight is 492 g/mol. The van der Waals surface area contributed by atoms with E-state index in [1.54, 1.807) is 29.2 Å². The number of nitrogens with zero attached hydrogens (tertiary/aromatic N) is 2. The van der Waals surface area contributed by atoms with E-state index in [1.807, 2.05) is 0 Å². The number of carbonyl (C=O) groups is 3. The summed E-state index contributed by atoms with van der Waals surface area (Å²) in [5.74, 6) is -0.120. The first-order valence-corrected chi connectivity index (χ1v) is 13.2. The molecule has 3 fully saturated rings. The standard InChI is InChI=1S/C24H33N3O6S/c25-22(29)24(11-15-32-16-12-24)34(31)20-9-7-19(8-10-20)33-14-4-13-26-21(28)17-27(23(26)30)18-5-2-1-3-6-18/h7-10,18H,1-6,11-17H2,(H2,25,29). The van der Waals surface area contributed by atoms with Gasteiger partial charge < -0.3 is 20.1 Å². The topological polar surface area (TPSA) is 119 Å². The molecule has 1 unspecified atom stereocenters. The minimum Gasteiger partial charge on any atom is -0.494 e. The number of primary amides is 1. The molecule has 0 radical (unpaired) electrons. The third-order valence-electron chi connectivity index (χ3n) is 7.04. The van der Waals surface area contributed by atoms with Crippen LogP contribution in [0.3, 0.4) is 0 Å². The van der Waals surface area contributed by atoms with Crippen LogP contribution in [0.2, 0.25) is 0 Å². The molecule has 2 N–H and O–H groups in total. The fraction of sp³-hybridized carbons (Fsp3) is 0.625. The van der Waals surface area contributed by atoms with Gasteiger partial charge in [-0.2, -0.15) is 0 Å². The first-order chi connectivity index (χ1) is 16.4. The van der Waals surface area contributed by atoms with Crippen molar-refractivity contribution >= 4 is 28.6 Å². The fourth-order valence-electron chi connectivity index (χ4n) is 4.98. The quantitative estimate of drug-likeness (QED) is 0.418. The Morgan fingerprint density at radius 2 is 1.79 bits per heavy atom. The normalized spacial score (nSPS) is 22.1. The van der Waals surface area contributed by atoms with Crippen molar-refractivity contribution in [3.8, 4) is 5.75 Å². The smallest absolute Gasteiger partial charge is 0.327 e. The largest absolute Gasteiger partial charge is 0.494 e. The van der Waals surface area contributed by atoms with Gasteiger partial charge in [-0.25, -0.2) is 4.79 Å². The summed E-state index contributed by atoms with van der Waals surface area (Å²) >= 11 is 0. The molecule has 0 aromatic heterocycles. The van der Waals surface area contributed by atoms with Crippen molar-refractivity contribution in [2.45, 2.75) is 67.1 Å². The molecule has 9 nitrogen and oxygen atoms in total. The summed E-state index contributed by atoms with van der Waals surface area (Å²) in [6.07, 6.45) is 6.57. The highest BCUT2D eigenvalue weighted by molar-refractivity contribution is 7.87. The molecule has 2 heterocycles. The molecule has 0 bridgehead atoms. The maximum atomic E-state index is 13.1. The Kier molecular flexibility index (Phi) is 7.88. The number of hydrogen-bond acceptors (Lipinski definition) is 6. The lowest BCUT2D eigenvalue weighted by atomic mass is 9.94. The van der Waals surface area contributed by atoms with Crippen molar-refractivity contribution in [1.82, 2.24) is 9.80 Å². The van der Waals surface area contributed by atoms with Crippen molar-refractivity contribution < 1.29 is 28.1 Å². The third-order valence-corrected chi connectivity index (χ3v) is 9.06. The van der Waals surface area contributed by atoms with Crippen molar-refractivity contribution in [2.75, 3.05) is 32.9 Å². The first-order valence-electron chi connectivity index (χ1n) is 12.1. The van der Waals surface area contributed by atoms with Crippen LogP contribution in [0, 0.1) is 0 Å². The lowest BCUT2D eigenvalue weighted by molar-refractivity contribution is -0.125. The molecule has 2 aliphatic heterocycles. The molecule has 34 heavy (non-hydrogen) atoms. The summed E-state index contributed by atoms with van der Waals surface area (Å²) in [4.78, 5) is 40.7. The zero-order valence-corrected chi connectivity index (χ0v) is 20.2. The molecule has 4 amide bonds. The van der Waals surface area contributed by atoms with Crippen LogP contribution in [0.15, 0.2) is 29.2 Å². The SMILES string of the molecule is NC(=O)C1(S(=O)c2ccc(OCCCN3C(=O)CN(C4CCCCC4)C3=O)cc2)CCOCC1. The summed E-state index contributed by atoms with van der Waals surface area (Å²) in [6, 6.07) is 6.78. The van der Waals surface area contributed by atoms with Crippen LogP contribution in [0.25, 0.3) is 0 Å². The van der Waals surface area contributed by atoms with E-state index >= 15 is 0 Å². The summed E-state index contributed by atoms with van der Waals surface area (Å²) in [6.45, 7) is 1.56. The zero-order chi connectivity index (χ0) is 24.1. The van der Waals surface area contributed by atoms with Crippen LogP contribution in [0.4, 0.5) is 4.79 Å². The molecule has 1 aliphatic carbocycles. The number of amides is 4. The van der Waals surface area contributed by atoms with Crippen molar-refractivity contribution in [3.63, 3.8) is 0 Å². The number of imide groups is 1. The van der Waals surface area contributed by atoms with Crippen LogP contribution in [0.1, 0.15) is 51.4 Å². The molecule has 10 heteroatoms. The molecule has 186 valence electrons. The van der Waals surface area contributed by atoms with Gasteiger partial charge in [-0.05, 0) is 56.4 Å². The molecule has 1 aromatic rings. The van der Waals surface area contributed by atoms with Gasteiger partial charge in [-0.3, -0.25) is 18.7 Å². The number of nitrogens with two attached hydrogens (primary N) is 1. The van der Waals surface area contributed by atoms with E-state index in [-0.39, 0.29) is 24.5 Å². The van der Waals surface area contributed by atoms with Crippen LogP contribution in [0.5, 0.6) is 5.75 Å². The molecule has 1 saturated carbocycles. The fourth-order valence-corrected chi connectivity index (χ4v) is 6.54. The minimum absolute atomic E-state index is 0.140. The van der Waals surface area contributed by atoms with Crippen LogP contribution < -0.4 is 10.5 Å². The van der Waals surface area contributed by atoms with E-state index < -0.39 is 21.5 Å². The Labute approximate surface area is 202 Å². The van der Waals surface area contributed by atoms with Gasteiger partial charge in [-0.1, -0.05) is 19.3 Å². The van der Waals surface area contributed by atoms with Gasteiger partial charge in [-0.15, -0.1) is 0 Å². The lowest BCUT2D eigenvalue weighted by Gasteiger charge is -2.33. The van der Waals surface area contributed by atoms with Gasteiger partial charge in [0.25, 0.3) is 0 Å². The van der Waals surface area contributed by atoms with Gasteiger partial charge in [0.1, 0.15) is 17.0 Å². The molecule has 0 spiro atoms. The van der Waals surface area contributed by atoms with E-state index in [4.69, 9.17) is 15.2 Å². The van der Waals surface area contributed by atoms with Gasteiger partial charge >= 0.3 is 6.03 Å². The molecule has 1 aromatic carbocycles. The molecule has 1 atom stereocenters. The average Bonchev–Trinajstić information content (AvgIpc) is 3.15. The molecule has 2 saturated heterocycles. The second-order valence-corrected chi connectivity index (χ2v) is 11.0. The van der Waals surface area contributed by atoms with Crippen LogP contribution >= 0.6 is 0 Å². The second-order valence-electron chi connectivity index (χ2n) is 9.16. The van der Waals surface area contributed by atoms with Crippen molar-refractivity contribution in [3.05, 3.63) is 24.3 Å². The number of rotatable bonds is 9. The van der Waals surface area contributed by atoms with Gasteiger partial charge in [0.05, 0.1) is 17.4 Å². The van der Waals surface area contributed by atoms with Crippen LogP contribution in [-0.4, -0.2) is 75.6 Å². The maximum Gasteiger partial charge on any atom is 0.327 e. The summed E-state index contributed by atoms with van der Waals surface area (Å²) in [5, 5.41) is 0. The predicted octanol–water partition coefficient (Wildman–Crippen LogP) is 2.19. The van der Waals surface area contributed by atoms with E-state index in [2.05, 4.69) is 0 Å². The second kappa shape index (κ2) is 10.9. The van der Waals surface area contributed by atoms with Gasteiger partial charge in [0, 0.05) is 30.7 Å². The first kappa shape index (κ1) is 24.7. The third kappa shape index (κ3) is 5.12. The zero-order valence-electron chi connectivity index (χ0n) is 19.4. The molecule has 3 aliphatic rings. The molecular weight excluding hydrogens is 458 g/mol. The highest BCUT2D eigenvalue weighted by Crippen LogP contribution is 2.32. The number of ether oxygens (including phenoxy) is 2. The highest BCUT2D eigenvalue weighted by atomic mass is 32.2. The van der Waals surface area contributed by atoms with Crippen molar-refractivity contribution in [2.24, 2.45) is 5.73 Å². The Hall–Kier alpha value is -2.46. The maximum absolute atomic E-state index is 13.1. The van der Waals surface area contributed by atoms with Gasteiger partial charge in [0.15, 0.2) is 0 Å². The van der Waals surface area contributed by atoms with Crippen molar-refractivity contribution in [1.29, 1.82) is 0 Å². The Bertz CT molecular complexity index is 925. The summed E-state index contributed by atoms with van der Waals surface area (Å²) in [7, 11) is -1.59. The number of hydrogen-bond donors (Lipinski definition) is 1. The summed E-state index contributed by atoms with van der Waals surface area (Å²) in [5.41, 5.74) is 5.61. The Morgan fingerprint density at radius 1 is 1.12 bits per heavy atom. The van der Waals surface area contributed by atoms with E-state index in [0.717, 1.165) is 25.7 Å². The number of urea groups is 1. The molecule has 4 rings (SSSR count). The van der Waals surface area contributed by atoms with E-state index in [9.17, 15) is 18.6 Å². The monoisotopic (exact) mass is 491 g/mol. The Morgan fingerprint density at radius 3 is 2.44 bits per heavy atom. The lowest BCUT2D eigenvalue weighted by Crippen LogP contribution is -2.51. The highest BCUT2D eigenvalue weighted by Gasteiger charge is 2.45. The predicted molar refractivity (Wildman–Crippen MR) is 126 cm³/mol. The van der Waals surface area contributed by atoms with E-state index in [1.165, 1.54) is 11.3 Å². The van der Waals surface area contributed by atoms with Crippen LogP contribution in [-0.2, 0) is 25.1 Å².